The number of carbonyl (C=O) groups excluding carboxylic acids is 2. The summed E-state index contributed by atoms with van der Waals surface area (Å²) < 4.78 is 47.5. The van der Waals surface area contributed by atoms with E-state index >= 15 is 0 Å². The van der Waals surface area contributed by atoms with Crippen molar-refractivity contribution >= 4 is 43.5 Å². The number of aromatic nitrogens is 1. The zero-order chi connectivity index (χ0) is 24.2. The zero-order valence-corrected chi connectivity index (χ0v) is 20.1. The number of hydrogen-bond donors (Lipinski definition) is 0. The number of rotatable bonds is 8. The monoisotopic (exact) mass is 493 g/mol. The number of hydrogen-bond acceptors (Lipinski definition) is 6. The van der Waals surface area contributed by atoms with E-state index in [4.69, 9.17) is 0 Å². The predicted molar refractivity (Wildman–Crippen MR) is 123 cm³/mol. The van der Waals surface area contributed by atoms with Gasteiger partial charge in [-0.1, -0.05) is 30.7 Å². The Morgan fingerprint density at radius 1 is 1.18 bits per heavy atom. The van der Waals surface area contributed by atoms with Gasteiger partial charge in [-0.05, 0) is 42.8 Å². The van der Waals surface area contributed by atoms with Gasteiger partial charge in [0.1, 0.15) is 12.4 Å². The van der Waals surface area contributed by atoms with Gasteiger partial charge in [0, 0.05) is 19.2 Å². The highest BCUT2D eigenvalue weighted by atomic mass is 32.2. The van der Waals surface area contributed by atoms with Crippen LogP contribution in [-0.2, 0) is 26.1 Å². The number of esters is 1. The molecule has 3 aromatic rings. The normalized spacial score (nSPS) is 12.5. The molecule has 0 unspecified atom stereocenters. The molecule has 0 saturated heterocycles. The fraction of sp³-hybridized carbons (Fsp3) is 0.318. The van der Waals surface area contributed by atoms with Crippen LogP contribution in [0.3, 0.4) is 0 Å². The van der Waals surface area contributed by atoms with Crippen molar-refractivity contribution in [1.82, 2.24) is 8.87 Å². The van der Waals surface area contributed by atoms with Crippen molar-refractivity contribution in [2.75, 3.05) is 20.7 Å². The van der Waals surface area contributed by atoms with E-state index in [-0.39, 0.29) is 27.3 Å². The first kappa shape index (κ1) is 24.7. The summed E-state index contributed by atoms with van der Waals surface area (Å²) in [5.41, 5.74) is 0.309. The maximum absolute atomic E-state index is 14.4. The quantitative estimate of drug-likeness (QED) is 0.449. The molecular weight excluding hydrogens is 469 g/mol. The van der Waals surface area contributed by atoms with E-state index in [0.717, 1.165) is 24.2 Å². The van der Waals surface area contributed by atoms with Crippen molar-refractivity contribution in [3.8, 4) is 0 Å². The van der Waals surface area contributed by atoms with Crippen molar-refractivity contribution in [3.05, 3.63) is 58.6 Å². The van der Waals surface area contributed by atoms with Crippen LogP contribution in [0.25, 0.3) is 10.2 Å². The van der Waals surface area contributed by atoms with Gasteiger partial charge in [-0.3, -0.25) is 9.59 Å². The topological polar surface area (TPSA) is 98.0 Å². The molecule has 0 aliphatic carbocycles. The van der Waals surface area contributed by atoms with Crippen molar-refractivity contribution in [2.24, 2.45) is 4.99 Å². The van der Waals surface area contributed by atoms with E-state index in [9.17, 15) is 22.4 Å². The maximum atomic E-state index is 14.4. The van der Waals surface area contributed by atoms with E-state index in [1.54, 1.807) is 6.07 Å². The number of halogens is 1. The van der Waals surface area contributed by atoms with Crippen LogP contribution >= 0.6 is 11.3 Å². The van der Waals surface area contributed by atoms with E-state index in [2.05, 4.69) is 9.73 Å². The SMILES string of the molecule is CCCCN(C)S(=O)(=O)c1ccc(C(=O)N=c2sc3cccc(F)c3n2CC(=O)OC)cc1. The Bertz CT molecular complexity index is 1340. The summed E-state index contributed by atoms with van der Waals surface area (Å²) in [6, 6.07) is 9.91. The standard InChI is InChI=1S/C22H24FN3O5S2/c1-4-5-13-25(2)33(29,30)16-11-9-15(10-12-16)21(28)24-22-26(14-19(27)31-3)20-17(23)7-6-8-18(20)32-22/h6-12H,4-5,13-14H2,1-3H3. The lowest BCUT2D eigenvalue weighted by Gasteiger charge is -2.16. The summed E-state index contributed by atoms with van der Waals surface area (Å²) >= 11 is 1.06. The molecule has 0 atom stereocenters. The average molecular weight is 494 g/mol. The molecular formula is C22H24FN3O5S2. The largest absolute Gasteiger partial charge is 0.468 e. The highest BCUT2D eigenvalue weighted by molar-refractivity contribution is 7.89. The van der Waals surface area contributed by atoms with Crippen LogP contribution in [0.15, 0.2) is 52.4 Å². The number of methoxy groups -OCH3 is 1. The summed E-state index contributed by atoms with van der Waals surface area (Å²) in [6.07, 6.45) is 1.61. The second kappa shape index (κ2) is 10.4. The minimum absolute atomic E-state index is 0.0716. The lowest BCUT2D eigenvalue weighted by molar-refractivity contribution is -0.141. The minimum atomic E-state index is -3.66. The van der Waals surface area contributed by atoms with Crippen molar-refractivity contribution in [3.63, 3.8) is 0 Å². The molecule has 0 aliphatic rings. The van der Waals surface area contributed by atoms with Crippen LogP contribution in [0.2, 0.25) is 0 Å². The molecule has 1 heterocycles. The van der Waals surface area contributed by atoms with Gasteiger partial charge in [0.15, 0.2) is 4.80 Å². The molecule has 11 heteroatoms. The summed E-state index contributed by atoms with van der Waals surface area (Å²) in [5, 5.41) is 0. The molecule has 8 nitrogen and oxygen atoms in total. The van der Waals surface area contributed by atoms with Gasteiger partial charge >= 0.3 is 5.97 Å². The van der Waals surface area contributed by atoms with Gasteiger partial charge in [-0.25, -0.2) is 17.1 Å². The fourth-order valence-electron chi connectivity index (χ4n) is 3.11. The summed E-state index contributed by atoms with van der Waals surface area (Å²) in [4.78, 5) is 28.9. The van der Waals surface area contributed by atoms with Gasteiger partial charge in [-0.15, -0.1) is 0 Å². The molecule has 0 saturated carbocycles. The number of nitrogens with zero attached hydrogens (tertiary/aromatic N) is 3. The Morgan fingerprint density at radius 3 is 2.52 bits per heavy atom. The molecule has 1 amide bonds. The third kappa shape index (κ3) is 5.37. The smallest absolute Gasteiger partial charge is 0.325 e. The molecule has 0 N–H and O–H groups in total. The van der Waals surface area contributed by atoms with Gasteiger partial charge in [-0.2, -0.15) is 4.99 Å². The number of thiazole rings is 1. The lowest BCUT2D eigenvalue weighted by atomic mass is 10.2. The number of carbonyl (C=O) groups is 2. The molecule has 0 bridgehead atoms. The highest BCUT2D eigenvalue weighted by Crippen LogP contribution is 2.21. The molecule has 2 aromatic carbocycles. The van der Waals surface area contributed by atoms with Gasteiger partial charge < -0.3 is 9.30 Å². The third-order valence-corrected chi connectivity index (χ3v) is 7.91. The first-order valence-corrected chi connectivity index (χ1v) is 12.4. The van der Waals surface area contributed by atoms with Crippen LogP contribution in [-0.4, -0.2) is 49.9 Å². The first-order chi connectivity index (χ1) is 15.7. The number of benzene rings is 2. The Hall–Kier alpha value is -2.89. The fourth-order valence-corrected chi connectivity index (χ4v) is 5.37. The van der Waals surface area contributed by atoms with Gasteiger partial charge in [0.2, 0.25) is 10.0 Å². The predicted octanol–water partition coefficient (Wildman–Crippen LogP) is 3.18. The van der Waals surface area contributed by atoms with E-state index in [1.807, 2.05) is 6.92 Å². The Morgan fingerprint density at radius 2 is 1.88 bits per heavy atom. The third-order valence-electron chi connectivity index (χ3n) is 5.00. The van der Waals surface area contributed by atoms with E-state index in [1.165, 1.54) is 59.4 Å². The molecule has 0 fully saturated rings. The number of amides is 1. The molecule has 0 aliphatic heterocycles. The summed E-state index contributed by atoms with van der Waals surface area (Å²) in [7, 11) is -0.934. The molecule has 1 aromatic heterocycles. The second-order valence-corrected chi connectivity index (χ2v) is 10.3. The van der Waals surface area contributed by atoms with Gasteiger partial charge in [0.25, 0.3) is 5.91 Å². The molecule has 33 heavy (non-hydrogen) atoms. The number of fused-ring (bicyclic) bond motifs is 1. The van der Waals surface area contributed by atoms with Crippen LogP contribution in [0.1, 0.15) is 30.1 Å². The van der Waals surface area contributed by atoms with Crippen LogP contribution < -0.4 is 4.80 Å². The average Bonchev–Trinajstić information content (AvgIpc) is 3.15. The Balaban J connectivity index is 1.97. The van der Waals surface area contributed by atoms with Gasteiger partial charge in [0.05, 0.1) is 22.2 Å². The minimum Gasteiger partial charge on any atom is -0.468 e. The Labute approximate surface area is 195 Å². The lowest BCUT2D eigenvalue weighted by Crippen LogP contribution is -2.27. The zero-order valence-electron chi connectivity index (χ0n) is 18.4. The summed E-state index contributed by atoms with van der Waals surface area (Å²) in [5.74, 6) is -1.82. The summed E-state index contributed by atoms with van der Waals surface area (Å²) in [6.45, 7) is 2.06. The second-order valence-electron chi connectivity index (χ2n) is 7.25. The number of para-hydroxylation sites is 1. The van der Waals surface area contributed by atoms with Crippen LogP contribution in [0.5, 0.6) is 0 Å². The number of unbranched alkanes of at least 4 members (excludes halogenated alkanes) is 1. The van der Waals surface area contributed by atoms with Crippen molar-refractivity contribution in [1.29, 1.82) is 0 Å². The molecule has 176 valence electrons. The van der Waals surface area contributed by atoms with Crippen LogP contribution in [0.4, 0.5) is 4.39 Å². The number of sulfonamides is 1. The van der Waals surface area contributed by atoms with E-state index in [0.29, 0.717) is 11.2 Å². The van der Waals surface area contributed by atoms with Crippen molar-refractivity contribution in [2.45, 2.75) is 31.2 Å². The van der Waals surface area contributed by atoms with Crippen molar-refractivity contribution < 1.29 is 27.1 Å². The van der Waals surface area contributed by atoms with Crippen LogP contribution in [0, 0.1) is 5.82 Å². The van der Waals surface area contributed by atoms with E-state index < -0.39 is 27.7 Å². The number of ether oxygens (including phenoxy) is 1. The molecule has 3 rings (SSSR count). The highest BCUT2D eigenvalue weighted by Gasteiger charge is 2.21. The molecule has 0 spiro atoms. The first-order valence-electron chi connectivity index (χ1n) is 10.2. The molecule has 0 radical (unpaired) electrons. The Kier molecular flexibility index (Phi) is 7.77. The maximum Gasteiger partial charge on any atom is 0.325 e.